The Morgan fingerprint density at radius 3 is 2.79 bits per heavy atom. The molecule has 2 aromatic rings. The molecule has 0 spiro atoms. The van der Waals surface area contributed by atoms with Gasteiger partial charge in [-0.3, -0.25) is 4.79 Å². The Kier molecular flexibility index (Phi) is 6.20. The highest BCUT2D eigenvalue weighted by Crippen LogP contribution is 2.23. The number of nitrogens with zero attached hydrogens (tertiary/aromatic N) is 1. The van der Waals surface area contributed by atoms with Crippen LogP contribution in [-0.4, -0.2) is 28.9 Å². The second-order valence-electron chi connectivity index (χ2n) is 4.93. The van der Waals surface area contributed by atoms with Gasteiger partial charge in [0.2, 0.25) is 0 Å². The van der Waals surface area contributed by atoms with Crippen LogP contribution in [0.4, 0.5) is 0 Å². The number of carbonyl (C=O) groups is 1. The van der Waals surface area contributed by atoms with Crippen LogP contribution in [0.15, 0.2) is 46.0 Å². The standard InChI is InChI=1S/C17H17BrN2O4/c1-2-7-24-16-6-3-12(18)8-11(16)10-19-20-17(23)14-5-4-13(21)9-15(14)22/h3-6,8-10,21-22H,2,7H2,1H3,(H,20,23)/b19-10-. The van der Waals surface area contributed by atoms with Crippen LogP contribution in [0.25, 0.3) is 0 Å². The fraction of sp³-hybridized carbons (Fsp3) is 0.176. The summed E-state index contributed by atoms with van der Waals surface area (Å²) in [5, 5.41) is 22.8. The van der Waals surface area contributed by atoms with Gasteiger partial charge in [-0.1, -0.05) is 22.9 Å². The average Bonchev–Trinajstić information content (AvgIpc) is 2.54. The lowest BCUT2D eigenvalue weighted by Crippen LogP contribution is -2.17. The van der Waals surface area contributed by atoms with E-state index in [2.05, 4.69) is 26.5 Å². The van der Waals surface area contributed by atoms with E-state index < -0.39 is 5.91 Å². The van der Waals surface area contributed by atoms with Crippen molar-refractivity contribution in [1.29, 1.82) is 0 Å². The van der Waals surface area contributed by atoms with Gasteiger partial charge in [0.1, 0.15) is 17.2 Å². The highest BCUT2D eigenvalue weighted by Gasteiger charge is 2.10. The topological polar surface area (TPSA) is 91.2 Å². The van der Waals surface area contributed by atoms with Gasteiger partial charge in [0, 0.05) is 16.1 Å². The number of benzene rings is 2. The van der Waals surface area contributed by atoms with E-state index >= 15 is 0 Å². The number of carbonyl (C=O) groups excluding carboxylic acids is 1. The maximum atomic E-state index is 12.0. The van der Waals surface area contributed by atoms with E-state index in [1.54, 1.807) is 0 Å². The molecule has 0 saturated carbocycles. The first-order valence-electron chi connectivity index (χ1n) is 7.29. The number of rotatable bonds is 6. The maximum absolute atomic E-state index is 12.0. The molecule has 0 aliphatic carbocycles. The summed E-state index contributed by atoms with van der Waals surface area (Å²) >= 11 is 3.38. The predicted octanol–water partition coefficient (Wildman–Crippen LogP) is 3.41. The first-order valence-corrected chi connectivity index (χ1v) is 8.08. The number of hydrazone groups is 1. The number of hydrogen-bond acceptors (Lipinski definition) is 5. The molecular formula is C17H17BrN2O4. The lowest BCUT2D eigenvalue weighted by molar-refractivity contribution is 0.0952. The number of aromatic hydroxyl groups is 2. The van der Waals surface area contributed by atoms with Crippen molar-refractivity contribution in [3.63, 3.8) is 0 Å². The van der Waals surface area contributed by atoms with E-state index in [1.165, 1.54) is 18.3 Å². The molecule has 0 bridgehead atoms. The number of phenolic OH excluding ortho intramolecular Hbond substituents is 2. The highest BCUT2D eigenvalue weighted by atomic mass is 79.9. The van der Waals surface area contributed by atoms with Crippen LogP contribution in [-0.2, 0) is 0 Å². The van der Waals surface area contributed by atoms with E-state index in [9.17, 15) is 15.0 Å². The molecule has 0 aliphatic rings. The molecule has 2 rings (SSSR count). The van der Waals surface area contributed by atoms with Gasteiger partial charge in [-0.05, 0) is 36.8 Å². The monoisotopic (exact) mass is 392 g/mol. The van der Waals surface area contributed by atoms with Crippen LogP contribution in [0.2, 0.25) is 0 Å². The first kappa shape index (κ1) is 17.8. The molecule has 126 valence electrons. The van der Waals surface area contributed by atoms with Gasteiger partial charge < -0.3 is 14.9 Å². The molecule has 0 radical (unpaired) electrons. The minimum Gasteiger partial charge on any atom is -0.508 e. The molecule has 0 aromatic heterocycles. The van der Waals surface area contributed by atoms with Gasteiger partial charge in [-0.2, -0.15) is 5.10 Å². The molecule has 0 fully saturated rings. The minimum absolute atomic E-state index is 0.0154. The number of halogens is 1. The molecule has 2 aromatic carbocycles. The largest absolute Gasteiger partial charge is 0.508 e. The van der Waals surface area contributed by atoms with E-state index in [0.717, 1.165) is 17.0 Å². The lowest BCUT2D eigenvalue weighted by Gasteiger charge is -2.08. The van der Waals surface area contributed by atoms with Gasteiger partial charge in [0.05, 0.1) is 18.4 Å². The molecule has 6 nitrogen and oxygen atoms in total. The van der Waals surface area contributed by atoms with Crippen LogP contribution in [0.1, 0.15) is 29.3 Å². The Bertz CT molecular complexity index is 762. The summed E-state index contributed by atoms with van der Waals surface area (Å²) in [4.78, 5) is 12.0. The van der Waals surface area contributed by atoms with Crippen LogP contribution < -0.4 is 10.2 Å². The molecule has 0 heterocycles. The fourth-order valence-electron chi connectivity index (χ4n) is 1.90. The zero-order valence-electron chi connectivity index (χ0n) is 13.0. The lowest BCUT2D eigenvalue weighted by atomic mass is 10.2. The Morgan fingerprint density at radius 1 is 1.29 bits per heavy atom. The van der Waals surface area contributed by atoms with E-state index in [1.807, 2.05) is 25.1 Å². The molecule has 0 aliphatic heterocycles. The van der Waals surface area contributed by atoms with Gasteiger partial charge in [-0.15, -0.1) is 0 Å². The molecule has 0 atom stereocenters. The molecule has 0 saturated heterocycles. The highest BCUT2D eigenvalue weighted by molar-refractivity contribution is 9.10. The van der Waals surface area contributed by atoms with Crippen molar-refractivity contribution in [3.05, 3.63) is 52.0 Å². The van der Waals surface area contributed by atoms with Crippen LogP contribution in [0, 0.1) is 0 Å². The Morgan fingerprint density at radius 2 is 2.08 bits per heavy atom. The minimum atomic E-state index is -0.588. The van der Waals surface area contributed by atoms with Crippen LogP contribution in [0.5, 0.6) is 17.2 Å². The molecule has 24 heavy (non-hydrogen) atoms. The number of nitrogens with one attached hydrogen (secondary N) is 1. The van der Waals surface area contributed by atoms with Gasteiger partial charge in [0.15, 0.2) is 0 Å². The molecule has 3 N–H and O–H groups in total. The third kappa shape index (κ3) is 4.73. The zero-order chi connectivity index (χ0) is 17.5. The van der Waals surface area contributed by atoms with E-state index in [0.29, 0.717) is 17.9 Å². The van der Waals surface area contributed by atoms with E-state index in [4.69, 9.17) is 4.74 Å². The maximum Gasteiger partial charge on any atom is 0.275 e. The Balaban J connectivity index is 2.10. The summed E-state index contributed by atoms with van der Waals surface area (Å²) in [7, 11) is 0. The predicted molar refractivity (Wildman–Crippen MR) is 94.8 cm³/mol. The SMILES string of the molecule is CCCOc1ccc(Br)cc1/C=N\NC(=O)c1ccc(O)cc1O. The summed E-state index contributed by atoms with van der Waals surface area (Å²) in [5.74, 6) is -0.378. The molecule has 0 unspecified atom stereocenters. The first-order chi connectivity index (χ1) is 11.5. The summed E-state index contributed by atoms with van der Waals surface area (Å²) in [6, 6.07) is 9.19. The van der Waals surface area contributed by atoms with Crippen molar-refractivity contribution in [2.75, 3.05) is 6.61 Å². The third-order valence-corrected chi connectivity index (χ3v) is 3.52. The fourth-order valence-corrected chi connectivity index (χ4v) is 2.28. The van der Waals surface area contributed by atoms with Crippen molar-refractivity contribution in [2.24, 2.45) is 5.10 Å². The van der Waals surface area contributed by atoms with Crippen molar-refractivity contribution < 1.29 is 19.7 Å². The number of amides is 1. The summed E-state index contributed by atoms with van der Waals surface area (Å²) in [5.41, 5.74) is 3.05. The number of phenols is 2. The third-order valence-electron chi connectivity index (χ3n) is 3.03. The Hall–Kier alpha value is -2.54. The Labute approximate surface area is 147 Å². The second kappa shape index (κ2) is 8.35. The van der Waals surface area contributed by atoms with Crippen LogP contribution >= 0.6 is 15.9 Å². The van der Waals surface area contributed by atoms with Gasteiger partial charge in [0.25, 0.3) is 5.91 Å². The van der Waals surface area contributed by atoms with Crippen LogP contribution in [0.3, 0.4) is 0 Å². The van der Waals surface area contributed by atoms with Crippen molar-refractivity contribution in [2.45, 2.75) is 13.3 Å². The summed E-state index contributed by atoms with van der Waals surface area (Å²) < 4.78 is 6.48. The average molecular weight is 393 g/mol. The number of hydrogen-bond donors (Lipinski definition) is 3. The van der Waals surface area contributed by atoms with E-state index in [-0.39, 0.29) is 17.1 Å². The quantitative estimate of drug-likeness (QED) is 0.518. The second-order valence-corrected chi connectivity index (χ2v) is 5.85. The number of ether oxygens (including phenoxy) is 1. The molecule has 1 amide bonds. The normalized spacial score (nSPS) is 10.8. The van der Waals surface area contributed by atoms with Gasteiger partial charge >= 0.3 is 0 Å². The van der Waals surface area contributed by atoms with Crippen molar-refractivity contribution in [1.82, 2.24) is 5.43 Å². The van der Waals surface area contributed by atoms with Crippen molar-refractivity contribution >= 4 is 28.1 Å². The smallest absolute Gasteiger partial charge is 0.275 e. The molecular weight excluding hydrogens is 376 g/mol. The summed E-state index contributed by atoms with van der Waals surface area (Å²) in [6.45, 7) is 2.59. The summed E-state index contributed by atoms with van der Waals surface area (Å²) in [6.07, 6.45) is 2.34. The zero-order valence-corrected chi connectivity index (χ0v) is 14.6. The van der Waals surface area contributed by atoms with Crippen molar-refractivity contribution in [3.8, 4) is 17.2 Å². The van der Waals surface area contributed by atoms with Gasteiger partial charge in [-0.25, -0.2) is 5.43 Å². The molecule has 7 heteroatoms.